The molecule has 6 nitrogen and oxygen atoms in total. The number of aromatic nitrogens is 2. The average Bonchev–Trinajstić information content (AvgIpc) is 2.67. The molecule has 0 fully saturated rings. The molecule has 106 valence electrons. The van der Waals surface area contributed by atoms with Gasteiger partial charge >= 0.3 is 6.09 Å². The van der Waals surface area contributed by atoms with Gasteiger partial charge < -0.3 is 14.4 Å². The number of carbonyl (C=O) groups excluding carboxylic acids is 1. The largest absolute Gasteiger partial charge is 0.475 e. The summed E-state index contributed by atoms with van der Waals surface area (Å²) in [6.07, 6.45) is 1.33. The van der Waals surface area contributed by atoms with Crippen LogP contribution in [-0.4, -0.2) is 46.1 Å². The summed E-state index contributed by atoms with van der Waals surface area (Å²) in [5.41, 5.74) is -0.499. The fraction of sp³-hybridized carbons (Fsp3) is 0.667. The van der Waals surface area contributed by atoms with Crippen molar-refractivity contribution in [2.45, 2.75) is 39.0 Å². The Morgan fingerprint density at radius 3 is 2.95 bits per heavy atom. The molecule has 1 amide bonds. The zero-order chi connectivity index (χ0) is 14.2. The molecule has 0 aromatic carbocycles. The van der Waals surface area contributed by atoms with Crippen LogP contribution in [0.3, 0.4) is 0 Å². The van der Waals surface area contributed by atoms with Gasteiger partial charge in [-0.2, -0.15) is 5.10 Å². The van der Waals surface area contributed by atoms with Crippen LogP contribution >= 0.6 is 15.9 Å². The maximum atomic E-state index is 12.0. The monoisotopic (exact) mass is 331 g/mol. The van der Waals surface area contributed by atoms with Crippen LogP contribution in [0.5, 0.6) is 5.88 Å². The summed E-state index contributed by atoms with van der Waals surface area (Å²) in [7, 11) is 1.71. The Balaban J connectivity index is 2.02. The number of nitrogens with zero attached hydrogens (tertiary/aromatic N) is 3. The molecule has 7 heteroatoms. The van der Waals surface area contributed by atoms with Gasteiger partial charge in [0, 0.05) is 7.05 Å². The molecule has 1 aliphatic rings. The molecule has 0 aliphatic carbocycles. The van der Waals surface area contributed by atoms with E-state index in [9.17, 15) is 4.79 Å². The van der Waals surface area contributed by atoms with Gasteiger partial charge in [0.15, 0.2) is 0 Å². The van der Waals surface area contributed by atoms with Crippen LogP contribution in [-0.2, 0) is 11.3 Å². The van der Waals surface area contributed by atoms with E-state index in [4.69, 9.17) is 9.47 Å². The molecule has 0 N–H and O–H groups in total. The van der Waals surface area contributed by atoms with Crippen LogP contribution in [0, 0.1) is 0 Å². The molecule has 0 spiro atoms. The lowest BCUT2D eigenvalue weighted by atomic mass is 10.2. The van der Waals surface area contributed by atoms with Gasteiger partial charge in [0.2, 0.25) is 5.88 Å². The Morgan fingerprint density at radius 2 is 2.32 bits per heavy atom. The first kappa shape index (κ1) is 14.2. The summed E-state index contributed by atoms with van der Waals surface area (Å²) in [5, 5.41) is 4.19. The van der Waals surface area contributed by atoms with E-state index in [-0.39, 0.29) is 12.1 Å². The Bertz CT molecular complexity index is 481. The van der Waals surface area contributed by atoms with Crippen molar-refractivity contribution in [3.05, 3.63) is 10.7 Å². The molecule has 0 bridgehead atoms. The van der Waals surface area contributed by atoms with Crippen molar-refractivity contribution >= 4 is 22.0 Å². The van der Waals surface area contributed by atoms with Gasteiger partial charge in [-0.05, 0) is 36.7 Å². The number of hydrogen-bond acceptors (Lipinski definition) is 4. The highest BCUT2D eigenvalue weighted by Crippen LogP contribution is 2.28. The third-order valence-electron chi connectivity index (χ3n) is 2.77. The molecule has 1 aromatic rings. The lowest BCUT2D eigenvalue weighted by Gasteiger charge is -2.33. The van der Waals surface area contributed by atoms with Gasteiger partial charge in [0.1, 0.15) is 12.2 Å². The topological polar surface area (TPSA) is 56.6 Å². The fourth-order valence-electron chi connectivity index (χ4n) is 1.77. The highest BCUT2D eigenvalue weighted by Gasteiger charge is 2.30. The highest BCUT2D eigenvalue weighted by atomic mass is 79.9. The predicted molar refractivity (Wildman–Crippen MR) is 73.2 cm³/mol. The molecule has 0 saturated heterocycles. The van der Waals surface area contributed by atoms with E-state index >= 15 is 0 Å². The molecule has 1 atom stereocenters. The van der Waals surface area contributed by atoms with Crippen LogP contribution in [0.4, 0.5) is 4.79 Å². The van der Waals surface area contributed by atoms with Crippen LogP contribution in [0.15, 0.2) is 10.7 Å². The number of halogens is 1. The molecule has 2 rings (SSSR count). The SMILES string of the molecule is CN(C(=O)OC(C)(C)C)C1COc2c(Br)cnn2C1. The van der Waals surface area contributed by atoms with Crippen molar-refractivity contribution in [3.8, 4) is 5.88 Å². The van der Waals surface area contributed by atoms with Gasteiger partial charge in [-0.15, -0.1) is 0 Å². The lowest BCUT2D eigenvalue weighted by Crippen LogP contribution is -2.47. The van der Waals surface area contributed by atoms with E-state index in [0.29, 0.717) is 19.0 Å². The van der Waals surface area contributed by atoms with Gasteiger partial charge in [-0.3, -0.25) is 0 Å². The zero-order valence-corrected chi connectivity index (χ0v) is 13.1. The third-order valence-corrected chi connectivity index (χ3v) is 3.32. The van der Waals surface area contributed by atoms with Crippen molar-refractivity contribution in [2.75, 3.05) is 13.7 Å². The summed E-state index contributed by atoms with van der Waals surface area (Å²) in [6, 6.07) is -0.0888. The zero-order valence-electron chi connectivity index (χ0n) is 11.5. The van der Waals surface area contributed by atoms with Gasteiger partial charge in [-0.1, -0.05) is 0 Å². The van der Waals surface area contributed by atoms with E-state index < -0.39 is 5.60 Å². The van der Waals surface area contributed by atoms with Gasteiger partial charge in [0.25, 0.3) is 0 Å². The second-order valence-corrected chi connectivity index (χ2v) is 6.39. The highest BCUT2D eigenvalue weighted by molar-refractivity contribution is 9.10. The van der Waals surface area contributed by atoms with Crippen LogP contribution in [0.25, 0.3) is 0 Å². The van der Waals surface area contributed by atoms with E-state index in [1.165, 1.54) is 0 Å². The van der Waals surface area contributed by atoms with Crippen molar-refractivity contribution in [2.24, 2.45) is 0 Å². The quantitative estimate of drug-likeness (QED) is 0.792. The maximum Gasteiger partial charge on any atom is 0.410 e. The second kappa shape index (κ2) is 5.03. The number of amides is 1. The third kappa shape index (κ3) is 3.20. The summed E-state index contributed by atoms with van der Waals surface area (Å²) in [6.45, 7) is 6.56. The summed E-state index contributed by atoms with van der Waals surface area (Å²) in [4.78, 5) is 13.5. The molecule has 0 radical (unpaired) electrons. The Labute approximate surface area is 120 Å². The van der Waals surface area contributed by atoms with E-state index in [1.807, 2.05) is 20.8 Å². The van der Waals surface area contributed by atoms with Crippen molar-refractivity contribution in [1.82, 2.24) is 14.7 Å². The van der Waals surface area contributed by atoms with E-state index in [2.05, 4.69) is 21.0 Å². The van der Waals surface area contributed by atoms with Gasteiger partial charge in [-0.25, -0.2) is 9.48 Å². The average molecular weight is 332 g/mol. The van der Waals surface area contributed by atoms with Crippen LogP contribution in [0.2, 0.25) is 0 Å². The van der Waals surface area contributed by atoms with E-state index in [1.54, 1.807) is 22.8 Å². The standard InChI is InChI=1S/C12H18BrN3O3/c1-12(2,3)19-11(17)15(4)8-6-16-10(18-7-8)9(13)5-14-16/h5,8H,6-7H2,1-4H3. The summed E-state index contributed by atoms with van der Waals surface area (Å²) in [5.74, 6) is 0.703. The maximum absolute atomic E-state index is 12.0. The molecule has 1 aliphatic heterocycles. The van der Waals surface area contributed by atoms with Crippen LogP contribution in [0.1, 0.15) is 20.8 Å². The predicted octanol–water partition coefficient (Wildman–Crippen LogP) is 2.27. The summed E-state index contributed by atoms with van der Waals surface area (Å²) >= 11 is 3.36. The minimum absolute atomic E-state index is 0.0888. The Kier molecular flexibility index (Phi) is 3.75. The second-order valence-electron chi connectivity index (χ2n) is 5.54. The number of likely N-dealkylation sites (N-methyl/N-ethyl adjacent to an activating group) is 1. The first-order valence-corrected chi connectivity index (χ1v) is 6.87. The van der Waals surface area contributed by atoms with Crippen molar-refractivity contribution < 1.29 is 14.3 Å². The molecule has 1 aromatic heterocycles. The normalized spacial score (nSPS) is 18.5. The lowest BCUT2D eigenvalue weighted by molar-refractivity contribution is 0.0104. The minimum Gasteiger partial charge on any atom is -0.475 e. The summed E-state index contributed by atoms with van der Waals surface area (Å²) < 4.78 is 13.5. The molecule has 0 saturated carbocycles. The Hall–Kier alpha value is -1.24. The Morgan fingerprint density at radius 1 is 1.63 bits per heavy atom. The number of rotatable bonds is 1. The molecule has 2 heterocycles. The first-order valence-electron chi connectivity index (χ1n) is 6.08. The fourth-order valence-corrected chi connectivity index (χ4v) is 2.18. The van der Waals surface area contributed by atoms with Gasteiger partial charge in [0.05, 0.1) is 23.3 Å². The molecule has 1 unspecified atom stereocenters. The molecular weight excluding hydrogens is 314 g/mol. The first-order chi connectivity index (χ1) is 8.78. The number of ether oxygens (including phenoxy) is 2. The number of fused-ring (bicyclic) bond motifs is 1. The van der Waals surface area contributed by atoms with Crippen molar-refractivity contribution in [3.63, 3.8) is 0 Å². The van der Waals surface area contributed by atoms with Crippen molar-refractivity contribution in [1.29, 1.82) is 0 Å². The van der Waals surface area contributed by atoms with E-state index in [0.717, 1.165) is 4.47 Å². The molecular formula is C12H18BrN3O3. The van der Waals surface area contributed by atoms with Crippen LogP contribution < -0.4 is 4.74 Å². The smallest absolute Gasteiger partial charge is 0.410 e. The minimum atomic E-state index is -0.499. The number of carbonyl (C=O) groups is 1. The molecule has 19 heavy (non-hydrogen) atoms. The number of hydrogen-bond donors (Lipinski definition) is 0.